The van der Waals surface area contributed by atoms with Gasteiger partial charge in [-0.15, -0.1) is 12.4 Å². The molecule has 2 nitrogen and oxygen atoms in total. The van der Waals surface area contributed by atoms with E-state index in [4.69, 9.17) is 5.11 Å². The quantitative estimate of drug-likeness (QED) is 0.284. The summed E-state index contributed by atoms with van der Waals surface area (Å²) in [5.41, 5.74) is 0. The van der Waals surface area contributed by atoms with E-state index in [1.54, 1.807) is 0 Å². The van der Waals surface area contributed by atoms with Crippen molar-refractivity contribution in [3.63, 3.8) is 0 Å². The molecule has 0 aromatic carbocycles. The zero-order valence-corrected chi connectivity index (χ0v) is 15.3. The Labute approximate surface area is 148 Å². The maximum absolute atomic E-state index is 10.3. The monoisotopic (exact) mass is 340 g/mol. The molecule has 3 heteroatoms. The van der Waals surface area contributed by atoms with E-state index in [-0.39, 0.29) is 18.8 Å². The molecule has 23 heavy (non-hydrogen) atoms. The highest BCUT2D eigenvalue weighted by atomic mass is 35.5. The Morgan fingerprint density at radius 3 is 1.61 bits per heavy atom. The highest BCUT2D eigenvalue weighted by Gasteiger charge is 1.92. The minimum absolute atomic E-state index is 0. The summed E-state index contributed by atoms with van der Waals surface area (Å²) < 4.78 is 0. The lowest BCUT2D eigenvalue weighted by molar-refractivity contribution is -0.137. The molecule has 0 atom stereocenters. The van der Waals surface area contributed by atoms with Crippen molar-refractivity contribution in [2.75, 3.05) is 0 Å². The van der Waals surface area contributed by atoms with Gasteiger partial charge in [0, 0.05) is 6.42 Å². The summed E-state index contributed by atoms with van der Waals surface area (Å²) in [6, 6.07) is 0. The standard InChI is InChI=1S/C20H32O2.ClH/c1-2-3-4-5-6-7-8-9-10-11-12-13-14-15-16-17-18-19-20(21)22;/h6-7,9-10,12-13,15-16H,2-5,8,11,14,17-19H2,1H3,(H,21,22);1H/b7-6-,10-9-,13-12-,16-15-;. The summed E-state index contributed by atoms with van der Waals surface area (Å²) in [4.78, 5) is 10.3. The molecule has 0 amide bonds. The van der Waals surface area contributed by atoms with Gasteiger partial charge in [-0.3, -0.25) is 4.79 Å². The number of carbonyl (C=O) groups is 1. The molecule has 0 aromatic rings. The van der Waals surface area contributed by atoms with E-state index < -0.39 is 5.97 Å². The summed E-state index contributed by atoms with van der Waals surface area (Å²) in [6.07, 6.45) is 27.3. The lowest BCUT2D eigenvalue weighted by atomic mass is 10.2. The Kier molecular flexibility index (Phi) is 21.6. The van der Waals surface area contributed by atoms with Gasteiger partial charge in [-0.25, -0.2) is 0 Å². The predicted molar refractivity (Wildman–Crippen MR) is 103 cm³/mol. The minimum Gasteiger partial charge on any atom is -0.481 e. The molecule has 0 saturated carbocycles. The number of hydrogen-bond donors (Lipinski definition) is 1. The van der Waals surface area contributed by atoms with Crippen LogP contribution in [0.15, 0.2) is 48.6 Å². The van der Waals surface area contributed by atoms with Gasteiger partial charge in [-0.05, 0) is 44.9 Å². The molecule has 0 bridgehead atoms. The van der Waals surface area contributed by atoms with E-state index in [2.05, 4.69) is 55.5 Å². The molecule has 0 radical (unpaired) electrons. The zero-order valence-electron chi connectivity index (χ0n) is 14.5. The predicted octanol–water partition coefficient (Wildman–Crippen LogP) is 6.64. The van der Waals surface area contributed by atoms with E-state index in [1.807, 2.05) is 0 Å². The zero-order chi connectivity index (χ0) is 16.3. The number of rotatable bonds is 14. The fourth-order valence-corrected chi connectivity index (χ4v) is 1.93. The van der Waals surface area contributed by atoms with Gasteiger partial charge in [0.1, 0.15) is 0 Å². The third kappa shape index (κ3) is 23.1. The van der Waals surface area contributed by atoms with Gasteiger partial charge >= 0.3 is 5.97 Å². The average Bonchev–Trinajstić information content (AvgIpc) is 2.50. The Hall–Kier alpha value is -1.28. The van der Waals surface area contributed by atoms with Crippen molar-refractivity contribution < 1.29 is 9.90 Å². The molecule has 0 fully saturated rings. The summed E-state index contributed by atoms with van der Waals surface area (Å²) in [7, 11) is 0. The summed E-state index contributed by atoms with van der Waals surface area (Å²) in [6.45, 7) is 2.23. The smallest absolute Gasteiger partial charge is 0.303 e. The van der Waals surface area contributed by atoms with Crippen LogP contribution in [-0.4, -0.2) is 11.1 Å². The van der Waals surface area contributed by atoms with Crippen molar-refractivity contribution in [1.29, 1.82) is 0 Å². The van der Waals surface area contributed by atoms with Crippen LogP contribution in [0, 0.1) is 0 Å². The van der Waals surface area contributed by atoms with Crippen molar-refractivity contribution in [2.45, 2.75) is 71.1 Å². The van der Waals surface area contributed by atoms with Gasteiger partial charge < -0.3 is 5.11 Å². The van der Waals surface area contributed by atoms with Crippen LogP contribution in [0.5, 0.6) is 0 Å². The molecule has 0 aliphatic rings. The van der Waals surface area contributed by atoms with Crippen LogP contribution in [0.2, 0.25) is 0 Å². The van der Waals surface area contributed by atoms with Gasteiger partial charge in [0.05, 0.1) is 0 Å². The fraction of sp³-hybridized carbons (Fsp3) is 0.550. The van der Waals surface area contributed by atoms with Gasteiger partial charge in [-0.2, -0.15) is 0 Å². The van der Waals surface area contributed by atoms with E-state index in [0.717, 1.165) is 32.1 Å². The first-order valence-corrected chi connectivity index (χ1v) is 8.59. The largest absolute Gasteiger partial charge is 0.481 e. The number of allylic oxidation sites excluding steroid dienone is 8. The Morgan fingerprint density at radius 2 is 1.17 bits per heavy atom. The highest BCUT2D eigenvalue weighted by molar-refractivity contribution is 5.85. The summed E-state index contributed by atoms with van der Waals surface area (Å²) in [5.74, 6) is -0.712. The number of halogens is 1. The second kappa shape index (κ2) is 20.7. The molecule has 0 aliphatic heterocycles. The lowest BCUT2D eigenvalue weighted by Crippen LogP contribution is -1.92. The van der Waals surface area contributed by atoms with Crippen LogP contribution in [-0.2, 0) is 4.79 Å². The molecular formula is C20H33ClO2. The lowest BCUT2D eigenvalue weighted by Gasteiger charge is -1.90. The van der Waals surface area contributed by atoms with Crippen LogP contribution in [0.3, 0.4) is 0 Å². The second-order valence-corrected chi connectivity index (χ2v) is 5.37. The Balaban J connectivity index is 0. The van der Waals surface area contributed by atoms with Crippen LogP contribution in [0.4, 0.5) is 0 Å². The average molecular weight is 341 g/mol. The molecule has 0 spiro atoms. The van der Waals surface area contributed by atoms with Crippen molar-refractivity contribution in [1.82, 2.24) is 0 Å². The molecule has 1 N–H and O–H groups in total. The first-order valence-electron chi connectivity index (χ1n) is 8.59. The van der Waals surface area contributed by atoms with E-state index in [0.29, 0.717) is 0 Å². The van der Waals surface area contributed by atoms with Crippen molar-refractivity contribution in [3.05, 3.63) is 48.6 Å². The first-order chi connectivity index (χ1) is 10.8. The fourth-order valence-electron chi connectivity index (χ4n) is 1.93. The van der Waals surface area contributed by atoms with Crippen LogP contribution in [0.25, 0.3) is 0 Å². The van der Waals surface area contributed by atoms with Gasteiger partial charge in [0.25, 0.3) is 0 Å². The normalized spacial score (nSPS) is 11.9. The van der Waals surface area contributed by atoms with Gasteiger partial charge in [-0.1, -0.05) is 68.4 Å². The molecule has 0 aliphatic carbocycles. The maximum Gasteiger partial charge on any atom is 0.303 e. The van der Waals surface area contributed by atoms with Crippen molar-refractivity contribution in [2.24, 2.45) is 0 Å². The van der Waals surface area contributed by atoms with Crippen LogP contribution < -0.4 is 0 Å². The third-order valence-corrected chi connectivity index (χ3v) is 3.22. The summed E-state index contributed by atoms with van der Waals surface area (Å²) >= 11 is 0. The Morgan fingerprint density at radius 1 is 0.739 bits per heavy atom. The Bertz CT molecular complexity index is 368. The highest BCUT2D eigenvalue weighted by Crippen LogP contribution is 2.01. The van der Waals surface area contributed by atoms with Crippen LogP contribution in [0.1, 0.15) is 71.1 Å². The van der Waals surface area contributed by atoms with E-state index >= 15 is 0 Å². The number of aliphatic carboxylic acids is 1. The van der Waals surface area contributed by atoms with Crippen molar-refractivity contribution in [3.8, 4) is 0 Å². The minimum atomic E-state index is -0.712. The third-order valence-electron chi connectivity index (χ3n) is 3.22. The molecule has 0 aromatic heterocycles. The molecule has 0 unspecified atom stereocenters. The van der Waals surface area contributed by atoms with E-state index in [9.17, 15) is 4.79 Å². The molecule has 132 valence electrons. The van der Waals surface area contributed by atoms with Crippen LogP contribution >= 0.6 is 12.4 Å². The van der Waals surface area contributed by atoms with Gasteiger partial charge in [0.15, 0.2) is 0 Å². The molecule has 0 heterocycles. The molecule has 0 rings (SSSR count). The summed E-state index contributed by atoms with van der Waals surface area (Å²) in [5, 5.41) is 8.49. The van der Waals surface area contributed by atoms with Crippen molar-refractivity contribution >= 4 is 18.4 Å². The SMILES string of the molecule is CCCCC/C=C\C/C=C\C/C=C\C/C=C\CCCC(=O)O.Cl. The van der Waals surface area contributed by atoms with Gasteiger partial charge in [0.2, 0.25) is 0 Å². The topological polar surface area (TPSA) is 37.3 Å². The number of unbranched alkanes of at least 4 members (excludes halogenated alkanes) is 4. The number of hydrogen-bond acceptors (Lipinski definition) is 1. The number of carboxylic acids is 1. The number of carboxylic acid groups (broad SMARTS) is 1. The maximum atomic E-state index is 10.3. The van der Waals surface area contributed by atoms with E-state index in [1.165, 1.54) is 25.7 Å². The molecular weight excluding hydrogens is 308 g/mol. The second-order valence-electron chi connectivity index (χ2n) is 5.37. The molecule has 0 saturated heterocycles. The first kappa shape index (κ1) is 24.0.